The number of rotatable bonds is 7. The molecule has 0 aliphatic heterocycles. The molecule has 2 amide bonds. The van der Waals surface area contributed by atoms with E-state index in [9.17, 15) is 14.4 Å². The van der Waals surface area contributed by atoms with Gasteiger partial charge in [0.05, 0.1) is 7.11 Å². The lowest BCUT2D eigenvalue weighted by Crippen LogP contribution is -2.55. The van der Waals surface area contributed by atoms with Crippen molar-refractivity contribution in [2.75, 3.05) is 7.11 Å². The predicted molar refractivity (Wildman–Crippen MR) is 91.3 cm³/mol. The molecule has 3 atom stereocenters. The van der Waals surface area contributed by atoms with Gasteiger partial charge in [-0.2, -0.15) is 0 Å². The van der Waals surface area contributed by atoms with Crippen LogP contribution >= 0.6 is 0 Å². The van der Waals surface area contributed by atoms with Crippen LogP contribution in [0, 0.1) is 11.8 Å². The number of esters is 1. The Morgan fingerprint density at radius 2 is 1.58 bits per heavy atom. The van der Waals surface area contributed by atoms with E-state index in [-0.39, 0.29) is 11.8 Å². The van der Waals surface area contributed by atoms with Crippen LogP contribution in [-0.2, 0) is 19.1 Å². The second kappa shape index (κ2) is 9.30. The highest BCUT2D eigenvalue weighted by atomic mass is 16.6. The molecule has 0 bridgehead atoms. The molecule has 0 aromatic rings. The fourth-order valence-electron chi connectivity index (χ4n) is 1.88. The highest BCUT2D eigenvalue weighted by Gasteiger charge is 2.32. The van der Waals surface area contributed by atoms with Gasteiger partial charge >= 0.3 is 12.1 Å². The summed E-state index contributed by atoms with van der Waals surface area (Å²) < 4.78 is 9.88. The van der Waals surface area contributed by atoms with E-state index >= 15 is 0 Å². The first-order chi connectivity index (χ1) is 10.9. The van der Waals surface area contributed by atoms with Crippen molar-refractivity contribution in [3.05, 3.63) is 12.7 Å². The van der Waals surface area contributed by atoms with Gasteiger partial charge in [-0.1, -0.05) is 26.8 Å². The smallest absolute Gasteiger partial charge is 0.408 e. The predicted octanol–water partition coefficient (Wildman–Crippen LogP) is 2.02. The fraction of sp³-hybridized carbons (Fsp3) is 0.706. The van der Waals surface area contributed by atoms with Gasteiger partial charge in [0.1, 0.15) is 17.7 Å². The third-order valence-corrected chi connectivity index (χ3v) is 3.27. The van der Waals surface area contributed by atoms with E-state index < -0.39 is 35.7 Å². The topological polar surface area (TPSA) is 93.7 Å². The Morgan fingerprint density at radius 3 is 1.96 bits per heavy atom. The van der Waals surface area contributed by atoms with Gasteiger partial charge in [0.15, 0.2) is 0 Å². The molecule has 0 radical (unpaired) electrons. The summed E-state index contributed by atoms with van der Waals surface area (Å²) >= 11 is 0. The summed E-state index contributed by atoms with van der Waals surface area (Å²) in [5, 5.41) is 5.15. The van der Waals surface area contributed by atoms with Crippen LogP contribution in [0.2, 0.25) is 0 Å². The maximum Gasteiger partial charge on any atom is 0.408 e. The molecule has 0 saturated heterocycles. The van der Waals surface area contributed by atoms with Gasteiger partial charge in [0, 0.05) is 5.92 Å². The summed E-state index contributed by atoms with van der Waals surface area (Å²) in [7, 11) is 1.25. The maximum absolute atomic E-state index is 12.5. The minimum absolute atomic E-state index is 0.199. The van der Waals surface area contributed by atoms with E-state index in [1.165, 1.54) is 7.11 Å². The summed E-state index contributed by atoms with van der Waals surface area (Å²) in [6.45, 7) is 14.1. The van der Waals surface area contributed by atoms with Gasteiger partial charge in [0.25, 0.3) is 0 Å². The Balaban J connectivity index is 5.11. The monoisotopic (exact) mass is 342 g/mol. The molecule has 0 aliphatic carbocycles. The van der Waals surface area contributed by atoms with Gasteiger partial charge in [-0.3, -0.25) is 4.79 Å². The third-order valence-electron chi connectivity index (χ3n) is 3.27. The van der Waals surface area contributed by atoms with E-state index in [0.717, 1.165) is 0 Å². The number of carbonyl (C=O) groups is 3. The number of methoxy groups -OCH3 is 1. The van der Waals surface area contributed by atoms with Crippen molar-refractivity contribution in [1.29, 1.82) is 0 Å². The molecule has 24 heavy (non-hydrogen) atoms. The summed E-state index contributed by atoms with van der Waals surface area (Å²) in [6.07, 6.45) is 0.857. The molecule has 0 unspecified atom stereocenters. The first kappa shape index (κ1) is 21.9. The Labute approximate surface area is 144 Å². The second-order valence-corrected chi connectivity index (χ2v) is 6.97. The first-order valence-corrected chi connectivity index (χ1v) is 7.93. The quantitative estimate of drug-likeness (QED) is 0.545. The number of carbonyl (C=O) groups excluding carboxylic acids is 3. The Hall–Kier alpha value is -2.05. The number of nitrogens with one attached hydrogen (secondary N) is 2. The number of alkyl carbamates (subject to hydrolysis) is 1. The van der Waals surface area contributed by atoms with E-state index in [1.54, 1.807) is 47.6 Å². The molecule has 0 aromatic heterocycles. The van der Waals surface area contributed by atoms with Crippen molar-refractivity contribution in [3.8, 4) is 0 Å². The lowest BCUT2D eigenvalue weighted by Gasteiger charge is -2.27. The zero-order valence-electron chi connectivity index (χ0n) is 15.6. The highest BCUT2D eigenvalue weighted by Crippen LogP contribution is 2.11. The molecule has 0 saturated carbocycles. The van der Waals surface area contributed by atoms with Crippen molar-refractivity contribution in [2.45, 2.75) is 59.2 Å². The van der Waals surface area contributed by atoms with E-state index in [4.69, 9.17) is 9.47 Å². The summed E-state index contributed by atoms with van der Waals surface area (Å²) in [5.74, 6) is -1.58. The van der Waals surface area contributed by atoms with Gasteiger partial charge in [-0.15, -0.1) is 6.58 Å². The van der Waals surface area contributed by atoms with Crippen LogP contribution in [-0.4, -0.2) is 42.8 Å². The average Bonchev–Trinajstić information content (AvgIpc) is 2.46. The Morgan fingerprint density at radius 1 is 1.04 bits per heavy atom. The molecular formula is C17H30N2O5. The third kappa shape index (κ3) is 7.48. The lowest BCUT2D eigenvalue weighted by molar-refractivity contribution is -0.146. The molecule has 0 fully saturated rings. The largest absolute Gasteiger partial charge is 0.467 e. The van der Waals surface area contributed by atoms with Crippen molar-refractivity contribution in [3.63, 3.8) is 0 Å². The first-order valence-electron chi connectivity index (χ1n) is 7.93. The molecule has 0 rings (SSSR count). The van der Waals surface area contributed by atoms with Gasteiger partial charge < -0.3 is 20.1 Å². The zero-order chi connectivity index (χ0) is 19.1. The second-order valence-electron chi connectivity index (χ2n) is 6.97. The van der Waals surface area contributed by atoms with E-state index in [1.807, 2.05) is 0 Å². The van der Waals surface area contributed by atoms with E-state index in [2.05, 4.69) is 17.2 Å². The minimum atomic E-state index is -0.873. The molecule has 0 aromatic carbocycles. The number of amides is 2. The molecule has 7 heteroatoms. The van der Waals surface area contributed by atoms with E-state index in [0.29, 0.717) is 0 Å². The highest BCUT2D eigenvalue weighted by molar-refractivity contribution is 5.90. The van der Waals surface area contributed by atoms with Crippen molar-refractivity contribution < 1.29 is 23.9 Å². The van der Waals surface area contributed by atoms with Crippen molar-refractivity contribution in [1.82, 2.24) is 10.6 Å². The van der Waals surface area contributed by atoms with Gasteiger partial charge in [-0.25, -0.2) is 9.59 Å². The van der Waals surface area contributed by atoms with Crippen molar-refractivity contribution in [2.24, 2.45) is 11.8 Å². The van der Waals surface area contributed by atoms with Crippen LogP contribution in [0.4, 0.5) is 4.79 Å². The standard InChI is InChI=1S/C17H30N2O5/c1-9-11(4)13(15(21)23-8)18-14(20)12(10(2)3)19-16(22)24-17(5,6)7/h9-13H,1H2,2-8H3,(H,18,20)(H,19,22)/t11-,12+,13+/m1/s1. The molecule has 0 heterocycles. The number of hydrogen-bond acceptors (Lipinski definition) is 5. The van der Waals surface area contributed by atoms with Crippen LogP contribution in [0.1, 0.15) is 41.5 Å². The van der Waals surface area contributed by atoms with Crippen LogP contribution < -0.4 is 10.6 Å². The minimum Gasteiger partial charge on any atom is -0.467 e. The van der Waals surface area contributed by atoms with Gasteiger partial charge in [0.2, 0.25) is 5.91 Å². The average molecular weight is 342 g/mol. The molecular weight excluding hydrogens is 312 g/mol. The summed E-state index contributed by atoms with van der Waals surface area (Å²) in [6, 6.07) is -1.72. The molecule has 0 spiro atoms. The number of hydrogen-bond donors (Lipinski definition) is 2. The van der Waals surface area contributed by atoms with Crippen LogP contribution in [0.15, 0.2) is 12.7 Å². The Kier molecular flexibility index (Phi) is 8.50. The summed E-state index contributed by atoms with van der Waals surface area (Å²) in [5.41, 5.74) is -0.673. The Bertz CT molecular complexity index is 468. The van der Waals surface area contributed by atoms with Gasteiger partial charge in [-0.05, 0) is 26.7 Å². The van der Waals surface area contributed by atoms with Crippen molar-refractivity contribution >= 4 is 18.0 Å². The van der Waals surface area contributed by atoms with Crippen LogP contribution in [0.5, 0.6) is 0 Å². The molecule has 7 nitrogen and oxygen atoms in total. The molecule has 138 valence electrons. The van der Waals surface area contributed by atoms with Crippen LogP contribution in [0.3, 0.4) is 0 Å². The lowest BCUT2D eigenvalue weighted by atomic mass is 9.99. The zero-order valence-corrected chi connectivity index (χ0v) is 15.6. The fourth-order valence-corrected chi connectivity index (χ4v) is 1.88. The normalized spacial score (nSPS) is 15.0. The molecule has 0 aliphatic rings. The summed E-state index contributed by atoms with van der Waals surface area (Å²) in [4.78, 5) is 36.3. The SMILES string of the molecule is C=C[C@@H](C)[C@H](NC(=O)[C@@H](NC(=O)OC(C)(C)C)C(C)C)C(=O)OC. The maximum atomic E-state index is 12.5. The number of ether oxygens (including phenoxy) is 2. The molecule has 2 N–H and O–H groups in total. The van der Waals surface area contributed by atoms with Crippen LogP contribution in [0.25, 0.3) is 0 Å².